The fourth-order valence-electron chi connectivity index (χ4n) is 4.74. The zero-order valence-electron chi connectivity index (χ0n) is 22.9. The maximum atomic E-state index is 15.4. The summed E-state index contributed by atoms with van der Waals surface area (Å²) in [6.07, 6.45) is 6.37. The Morgan fingerprint density at radius 2 is 2.00 bits per heavy atom. The highest BCUT2D eigenvalue weighted by molar-refractivity contribution is 5.99. The van der Waals surface area contributed by atoms with Crippen molar-refractivity contribution in [2.75, 3.05) is 25.1 Å². The average Bonchev–Trinajstić information content (AvgIpc) is 3.44. The van der Waals surface area contributed by atoms with Gasteiger partial charge in [0.15, 0.2) is 5.82 Å². The standard InChI is InChI=1S/C30H29FN6O4/c1-4-40-30(38)17(2)37-13-20(12-35-37)19-10-25-27(26(11-19)41-18(3)21-14-39-15-21)29(34-16-33-25)36-24-8-7-23-22(28(24)31)6-5-9-32-23/h5-13,16-18,21H,4,14-15H2,1-3H3,(H,33,34,36)/t17?,18-/m1/s1. The zero-order valence-corrected chi connectivity index (χ0v) is 22.9. The molecule has 0 spiro atoms. The van der Waals surface area contributed by atoms with Gasteiger partial charge in [0.25, 0.3) is 0 Å². The van der Waals surface area contributed by atoms with Crippen LogP contribution in [0.2, 0.25) is 0 Å². The molecule has 1 N–H and O–H groups in total. The summed E-state index contributed by atoms with van der Waals surface area (Å²) in [5.41, 5.74) is 2.98. The summed E-state index contributed by atoms with van der Waals surface area (Å²) in [4.78, 5) is 25.5. The summed E-state index contributed by atoms with van der Waals surface area (Å²) in [6.45, 7) is 7.04. The fourth-order valence-corrected chi connectivity index (χ4v) is 4.74. The molecule has 1 aliphatic rings. The van der Waals surface area contributed by atoms with Gasteiger partial charge in [-0.1, -0.05) is 0 Å². The van der Waals surface area contributed by atoms with Crippen LogP contribution in [0.15, 0.2) is 61.3 Å². The highest BCUT2D eigenvalue weighted by Gasteiger charge is 2.28. The molecule has 5 aromatic rings. The first-order valence-electron chi connectivity index (χ1n) is 13.5. The third-order valence-electron chi connectivity index (χ3n) is 7.27. The number of esters is 1. The molecule has 0 bridgehead atoms. The number of benzene rings is 2. The van der Waals surface area contributed by atoms with Gasteiger partial charge in [0, 0.05) is 29.3 Å². The van der Waals surface area contributed by atoms with Crippen molar-refractivity contribution in [3.63, 3.8) is 0 Å². The first kappa shape index (κ1) is 26.6. The Bertz CT molecular complexity index is 1740. The van der Waals surface area contributed by atoms with Gasteiger partial charge >= 0.3 is 5.97 Å². The molecule has 210 valence electrons. The Balaban J connectivity index is 1.42. The summed E-state index contributed by atoms with van der Waals surface area (Å²) >= 11 is 0. The van der Waals surface area contributed by atoms with Gasteiger partial charge in [0.05, 0.1) is 48.1 Å². The number of hydrogen-bond acceptors (Lipinski definition) is 9. The molecule has 3 aromatic heterocycles. The molecule has 0 saturated carbocycles. The molecular formula is C30H29FN6O4. The van der Waals surface area contributed by atoms with E-state index in [0.717, 1.165) is 11.1 Å². The van der Waals surface area contributed by atoms with E-state index in [1.165, 1.54) is 6.33 Å². The van der Waals surface area contributed by atoms with Gasteiger partial charge in [0.2, 0.25) is 0 Å². The normalized spacial score (nSPS) is 14.9. The largest absolute Gasteiger partial charge is 0.489 e. The zero-order chi connectivity index (χ0) is 28.5. The van der Waals surface area contributed by atoms with Gasteiger partial charge in [0.1, 0.15) is 30.0 Å². The Morgan fingerprint density at radius 3 is 2.78 bits per heavy atom. The Hall–Kier alpha value is -4.64. The Labute approximate surface area is 235 Å². The molecule has 6 rings (SSSR count). The van der Waals surface area contributed by atoms with Gasteiger partial charge in [-0.25, -0.2) is 19.2 Å². The lowest BCUT2D eigenvalue weighted by atomic mass is 10.0. The molecule has 11 heteroatoms. The van der Waals surface area contributed by atoms with E-state index in [-0.39, 0.29) is 23.7 Å². The second-order valence-electron chi connectivity index (χ2n) is 9.97. The van der Waals surface area contributed by atoms with Crippen LogP contribution in [0, 0.1) is 11.7 Å². The highest BCUT2D eigenvalue weighted by Crippen LogP contribution is 2.38. The number of hydrogen-bond donors (Lipinski definition) is 1. The molecule has 4 heterocycles. The Kier molecular flexibility index (Phi) is 7.19. The number of halogens is 1. The topological polar surface area (TPSA) is 113 Å². The van der Waals surface area contributed by atoms with Gasteiger partial charge in [-0.05, 0) is 62.7 Å². The van der Waals surface area contributed by atoms with Crippen LogP contribution in [0.5, 0.6) is 5.75 Å². The van der Waals surface area contributed by atoms with E-state index in [4.69, 9.17) is 14.2 Å². The number of aromatic nitrogens is 5. The first-order chi connectivity index (χ1) is 19.9. The highest BCUT2D eigenvalue weighted by atomic mass is 19.1. The maximum absolute atomic E-state index is 15.4. The average molecular weight is 557 g/mol. The van der Waals surface area contributed by atoms with Crippen molar-refractivity contribution in [3.05, 3.63) is 67.1 Å². The van der Waals surface area contributed by atoms with Crippen molar-refractivity contribution in [3.8, 4) is 16.9 Å². The van der Waals surface area contributed by atoms with E-state index in [9.17, 15) is 4.79 Å². The SMILES string of the molecule is CCOC(=O)C(C)n1cc(-c2cc(O[C@H](C)C3COC3)c3c(Nc4ccc5ncccc5c4F)ncnc3c2)cn1. The molecule has 0 amide bonds. The molecule has 0 radical (unpaired) electrons. The Morgan fingerprint density at radius 1 is 1.15 bits per heavy atom. The molecule has 0 aliphatic carbocycles. The molecular weight excluding hydrogens is 527 g/mol. The van der Waals surface area contributed by atoms with Crippen LogP contribution in [0.4, 0.5) is 15.9 Å². The second kappa shape index (κ2) is 11.1. The van der Waals surface area contributed by atoms with Crippen LogP contribution in [0.25, 0.3) is 32.9 Å². The molecule has 10 nitrogen and oxygen atoms in total. The van der Waals surface area contributed by atoms with Gasteiger partial charge in [-0.3, -0.25) is 9.67 Å². The number of fused-ring (bicyclic) bond motifs is 2. The number of ether oxygens (including phenoxy) is 3. The number of nitrogens with zero attached hydrogens (tertiary/aromatic N) is 5. The monoisotopic (exact) mass is 556 g/mol. The summed E-state index contributed by atoms with van der Waals surface area (Å²) in [5.74, 6) is 0.399. The van der Waals surface area contributed by atoms with Crippen LogP contribution >= 0.6 is 0 Å². The second-order valence-corrected chi connectivity index (χ2v) is 9.97. The number of carbonyl (C=O) groups excluding carboxylic acids is 1. The molecule has 1 fully saturated rings. The summed E-state index contributed by atoms with van der Waals surface area (Å²) in [7, 11) is 0. The van der Waals surface area contributed by atoms with Gasteiger partial charge in [-0.15, -0.1) is 0 Å². The van der Waals surface area contributed by atoms with Crippen LogP contribution in [0.3, 0.4) is 0 Å². The van der Waals surface area contributed by atoms with Crippen molar-refractivity contribution in [2.45, 2.75) is 32.9 Å². The van der Waals surface area contributed by atoms with Gasteiger partial charge in [-0.2, -0.15) is 5.10 Å². The molecule has 1 aliphatic heterocycles. The van der Waals surface area contributed by atoms with Crippen molar-refractivity contribution in [1.29, 1.82) is 0 Å². The van der Waals surface area contributed by atoms with Crippen LogP contribution < -0.4 is 10.1 Å². The van der Waals surface area contributed by atoms with Crippen molar-refractivity contribution in [2.24, 2.45) is 5.92 Å². The van der Waals surface area contributed by atoms with Crippen LogP contribution in [0.1, 0.15) is 26.8 Å². The number of carbonyl (C=O) groups is 1. The molecule has 1 unspecified atom stereocenters. The summed E-state index contributed by atoms with van der Waals surface area (Å²) in [6, 6.07) is 9.99. The van der Waals surface area contributed by atoms with E-state index in [1.807, 2.05) is 19.1 Å². The number of anilines is 2. The maximum Gasteiger partial charge on any atom is 0.330 e. The van der Waals surface area contributed by atoms with Crippen molar-refractivity contribution < 1.29 is 23.4 Å². The molecule has 2 atom stereocenters. The van der Waals surface area contributed by atoms with E-state index in [0.29, 0.717) is 53.2 Å². The number of rotatable bonds is 9. The lowest BCUT2D eigenvalue weighted by molar-refractivity contribution is -0.146. The van der Waals surface area contributed by atoms with E-state index in [2.05, 4.69) is 25.4 Å². The lowest BCUT2D eigenvalue weighted by Gasteiger charge is -2.32. The van der Waals surface area contributed by atoms with Crippen LogP contribution in [-0.4, -0.2) is 56.6 Å². The minimum absolute atomic E-state index is 0.148. The predicted octanol–water partition coefficient (Wildman–Crippen LogP) is 5.46. The molecule has 2 aromatic carbocycles. The summed E-state index contributed by atoms with van der Waals surface area (Å²) < 4.78 is 34.0. The van der Waals surface area contributed by atoms with Crippen molar-refractivity contribution in [1.82, 2.24) is 24.7 Å². The first-order valence-corrected chi connectivity index (χ1v) is 13.5. The van der Waals surface area contributed by atoms with E-state index >= 15 is 4.39 Å². The molecule has 41 heavy (non-hydrogen) atoms. The third-order valence-corrected chi connectivity index (χ3v) is 7.27. The number of pyridine rings is 1. The predicted molar refractivity (Wildman–Crippen MR) is 151 cm³/mol. The minimum atomic E-state index is -0.580. The third kappa shape index (κ3) is 5.16. The smallest absolute Gasteiger partial charge is 0.330 e. The molecule has 1 saturated heterocycles. The van der Waals surface area contributed by atoms with Gasteiger partial charge < -0.3 is 19.5 Å². The quantitative estimate of drug-likeness (QED) is 0.236. The van der Waals surface area contributed by atoms with Crippen molar-refractivity contribution >= 4 is 39.3 Å². The lowest BCUT2D eigenvalue weighted by Crippen LogP contribution is -2.39. The van der Waals surface area contributed by atoms with E-state index < -0.39 is 11.9 Å². The number of nitrogens with one attached hydrogen (secondary N) is 1. The van der Waals surface area contributed by atoms with Crippen LogP contribution in [-0.2, 0) is 14.3 Å². The summed E-state index contributed by atoms with van der Waals surface area (Å²) in [5, 5.41) is 8.56. The minimum Gasteiger partial charge on any atom is -0.489 e. The fraction of sp³-hybridized carbons (Fsp3) is 0.300. The van der Waals surface area contributed by atoms with E-state index in [1.54, 1.807) is 61.4 Å².